The lowest BCUT2D eigenvalue weighted by molar-refractivity contribution is 0.414. The van der Waals surface area contributed by atoms with Gasteiger partial charge in [0, 0.05) is 6.04 Å². The first-order valence-corrected chi connectivity index (χ1v) is 7.16. The molecule has 2 aromatic carbocycles. The molecule has 2 aromatic rings. The van der Waals surface area contributed by atoms with E-state index < -0.39 is 0 Å². The zero-order valence-electron chi connectivity index (χ0n) is 13.1. The standard InChI is InChI=1S/C18H23NO2/c1-13-5-10-17(18(11-13)21-4)19-14(2)12-15-6-8-16(20-3)9-7-15/h5-11,14,19H,12H2,1-4H3. The maximum atomic E-state index is 5.43. The second-order valence-corrected chi connectivity index (χ2v) is 5.30. The molecule has 0 saturated heterocycles. The van der Waals surface area contributed by atoms with Crippen molar-refractivity contribution in [1.82, 2.24) is 0 Å². The quantitative estimate of drug-likeness (QED) is 0.868. The van der Waals surface area contributed by atoms with Gasteiger partial charge in [-0.1, -0.05) is 18.2 Å². The van der Waals surface area contributed by atoms with Gasteiger partial charge in [-0.15, -0.1) is 0 Å². The molecule has 0 bridgehead atoms. The molecule has 0 fully saturated rings. The molecule has 3 heteroatoms. The number of hydrogen-bond acceptors (Lipinski definition) is 3. The Hall–Kier alpha value is -2.16. The summed E-state index contributed by atoms with van der Waals surface area (Å²) in [6.07, 6.45) is 0.945. The zero-order valence-corrected chi connectivity index (χ0v) is 13.1. The molecule has 0 aliphatic rings. The average molecular weight is 285 g/mol. The molecule has 0 radical (unpaired) electrons. The molecule has 112 valence electrons. The lowest BCUT2D eigenvalue weighted by atomic mass is 10.1. The Labute approximate surface area is 126 Å². The lowest BCUT2D eigenvalue weighted by Gasteiger charge is -2.18. The molecule has 1 N–H and O–H groups in total. The molecule has 0 aliphatic carbocycles. The smallest absolute Gasteiger partial charge is 0.142 e. The van der Waals surface area contributed by atoms with Gasteiger partial charge < -0.3 is 14.8 Å². The van der Waals surface area contributed by atoms with Crippen LogP contribution in [0.15, 0.2) is 42.5 Å². The number of benzene rings is 2. The highest BCUT2D eigenvalue weighted by Gasteiger charge is 2.08. The number of ether oxygens (including phenoxy) is 2. The van der Waals surface area contributed by atoms with Crippen LogP contribution in [-0.2, 0) is 6.42 Å². The van der Waals surface area contributed by atoms with Crippen LogP contribution in [0.4, 0.5) is 5.69 Å². The van der Waals surface area contributed by atoms with Gasteiger partial charge in [-0.25, -0.2) is 0 Å². The minimum Gasteiger partial charge on any atom is -0.497 e. The number of aryl methyl sites for hydroxylation is 1. The van der Waals surface area contributed by atoms with Gasteiger partial charge in [0.2, 0.25) is 0 Å². The highest BCUT2D eigenvalue weighted by Crippen LogP contribution is 2.26. The van der Waals surface area contributed by atoms with Crippen LogP contribution in [-0.4, -0.2) is 20.3 Å². The molecule has 0 aliphatic heterocycles. The molecule has 0 aromatic heterocycles. The third-order valence-corrected chi connectivity index (χ3v) is 3.46. The minimum atomic E-state index is 0.315. The van der Waals surface area contributed by atoms with Crippen molar-refractivity contribution < 1.29 is 9.47 Å². The SMILES string of the molecule is COc1ccc(CC(C)Nc2ccc(C)cc2OC)cc1. The van der Waals surface area contributed by atoms with E-state index in [1.54, 1.807) is 14.2 Å². The Balaban J connectivity index is 2.02. The Morgan fingerprint density at radius 1 is 1.00 bits per heavy atom. The van der Waals surface area contributed by atoms with E-state index in [4.69, 9.17) is 9.47 Å². The van der Waals surface area contributed by atoms with Crippen molar-refractivity contribution in [1.29, 1.82) is 0 Å². The predicted octanol–water partition coefficient (Wildman–Crippen LogP) is 4.06. The Kier molecular flexibility index (Phi) is 5.09. The Morgan fingerprint density at radius 3 is 2.33 bits per heavy atom. The average Bonchev–Trinajstić information content (AvgIpc) is 2.49. The van der Waals surface area contributed by atoms with E-state index in [1.807, 2.05) is 18.2 Å². The third kappa shape index (κ3) is 4.15. The minimum absolute atomic E-state index is 0.315. The topological polar surface area (TPSA) is 30.5 Å². The molecule has 0 saturated carbocycles. The maximum Gasteiger partial charge on any atom is 0.142 e. The van der Waals surface area contributed by atoms with Gasteiger partial charge in [-0.2, -0.15) is 0 Å². The summed E-state index contributed by atoms with van der Waals surface area (Å²) in [5, 5.41) is 3.51. The number of rotatable bonds is 6. The summed E-state index contributed by atoms with van der Waals surface area (Å²) in [5.74, 6) is 1.77. The number of hydrogen-bond donors (Lipinski definition) is 1. The van der Waals surface area contributed by atoms with Gasteiger partial charge in [0.25, 0.3) is 0 Å². The van der Waals surface area contributed by atoms with Crippen molar-refractivity contribution in [3.63, 3.8) is 0 Å². The molecular weight excluding hydrogens is 262 g/mol. The third-order valence-electron chi connectivity index (χ3n) is 3.46. The molecule has 3 nitrogen and oxygen atoms in total. The first-order chi connectivity index (χ1) is 10.1. The van der Waals surface area contributed by atoms with Crippen LogP contribution < -0.4 is 14.8 Å². The summed E-state index contributed by atoms with van der Waals surface area (Å²) in [5.41, 5.74) is 3.51. The van der Waals surface area contributed by atoms with Crippen LogP contribution in [0.25, 0.3) is 0 Å². The highest BCUT2D eigenvalue weighted by molar-refractivity contribution is 5.58. The largest absolute Gasteiger partial charge is 0.497 e. The molecular formula is C18H23NO2. The maximum absolute atomic E-state index is 5.43. The van der Waals surface area contributed by atoms with Crippen molar-refractivity contribution in [2.45, 2.75) is 26.3 Å². The van der Waals surface area contributed by atoms with E-state index in [0.29, 0.717) is 6.04 Å². The second kappa shape index (κ2) is 7.02. The molecule has 1 atom stereocenters. The van der Waals surface area contributed by atoms with Crippen LogP contribution >= 0.6 is 0 Å². The normalized spacial score (nSPS) is 11.8. The van der Waals surface area contributed by atoms with Crippen molar-refractivity contribution in [3.8, 4) is 11.5 Å². The monoisotopic (exact) mass is 285 g/mol. The van der Waals surface area contributed by atoms with Gasteiger partial charge in [0.1, 0.15) is 11.5 Å². The summed E-state index contributed by atoms with van der Waals surface area (Å²) in [7, 11) is 3.39. The van der Waals surface area contributed by atoms with Crippen LogP contribution in [0.3, 0.4) is 0 Å². The lowest BCUT2D eigenvalue weighted by Crippen LogP contribution is -2.18. The van der Waals surface area contributed by atoms with E-state index in [-0.39, 0.29) is 0 Å². The summed E-state index contributed by atoms with van der Waals surface area (Å²) in [6.45, 7) is 4.23. The van der Waals surface area contributed by atoms with E-state index in [9.17, 15) is 0 Å². The number of nitrogens with one attached hydrogen (secondary N) is 1. The van der Waals surface area contributed by atoms with Crippen LogP contribution in [0.2, 0.25) is 0 Å². The van der Waals surface area contributed by atoms with Crippen molar-refractivity contribution in [2.24, 2.45) is 0 Å². The molecule has 21 heavy (non-hydrogen) atoms. The van der Waals surface area contributed by atoms with Gasteiger partial charge in [0.05, 0.1) is 19.9 Å². The predicted molar refractivity (Wildman–Crippen MR) is 87.5 cm³/mol. The molecule has 0 heterocycles. The van der Waals surface area contributed by atoms with Crippen LogP contribution in [0.5, 0.6) is 11.5 Å². The van der Waals surface area contributed by atoms with Crippen LogP contribution in [0.1, 0.15) is 18.1 Å². The zero-order chi connectivity index (χ0) is 15.2. The fourth-order valence-corrected chi connectivity index (χ4v) is 2.35. The molecule has 0 spiro atoms. The van der Waals surface area contributed by atoms with E-state index in [2.05, 4.69) is 43.4 Å². The Bertz CT molecular complexity index is 578. The van der Waals surface area contributed by atoms with Gasteiger partial charge in [0.15, 0.2) is 0 Å². The van der Waals surface area contributed by atoms with Crippen LogP contribution in [0, 0.1) is 6.92 Å². The van der Waals surface area contributed by atoms with E-state index >= 15 is 0 Å². The van der Waals surface area contributed by atoms with Gasteiger partial charge in [-0.05, 0) is 55.7 Å². The van der Waals surface area contributed by atoms with Crippen molar-refractivity contribution >= 4 is 5.69 Å². The van der Waals surface area contributed by atoms with E-state index in [0.717, 1.165) is 23.6 Å². The molecule has 1 unspecified atom stereocenters. The summed E-state index contributed by atoms with van der Waals surface area (Å²) >= 11 is 0. The Morgan fingerprint density at radius 2 is 1.71 bits per heavy atom. The first kappa shape index (κ1) is 15.2. The number of methoxy groups -OCH3 is 2. The van der Waals surface area contributed by atoms with E-state index in [1.165, 1.54) is 11.1 Å². The van der Waals surface area contributed by atoms with Gasteiger partial charge in [-0.3, -0.25) is 0 Å². The summed E-state index contributed by atoms with van der Waals surface area (Å²) in [6, 6.07) is 14.7. The fraction of sp³-hybridized carbons (Fsp3) is 0.333. The first-order valence-electron chi connectivity index (χ1n) is 7.16. The van der Waals surface area contributed by atoms with Crippen molar-refractivity contribution in [3.05, 3.63) is 53.6 Å². The second-order valence-electron chi connectivity index (χ2n) is 5.30. The fourth-order valence-electron chi connectivity index (χ4n) is 2.35. The van der Waals surface area contributed by atoms with Crippen molar-refractivity contribution in [2.75, 3.05) is 19.5 Å². The molecule has 2 rings (SSSR count). The number of anilines is 1. The van der Waals surface area contributed by atoms with Gasteiger partial charge >= 0.3 is 0 Å². The summed E-state index contributed by atoms with van der Waals surface area (Å²) in [4.78, 5) is 0. The summed E-state index contributed by atoms with van der Waals surface area (Å²) < 4.78 is 10.6. The molecule has 0 amide bonds. The highest BCUT2D eigenvalue weighted by atomic mass is 16.5.